The Kier molecular flexibility index (Phi) is 7.55. The van der Waals surface area contributed by atoms with Gasteiger partial charge in [0, 0.05) is 30.6 Å². The summed E-state index contributed by atoms with van der Waals surface area (Å²) in [6.07, 6.45) is 2.47. The summed E-state index contributed by atoms with van der Waals surface area (Å²) in [6, 6.07) is 12.8. The molecule has 7 rings (SSSR count). The zero-order chi connectivity index (χ0) is 32.1. The summed E-state index contributed by atoms with van der Waals surface area (Å²) in [6.45, 7) is 0.630. The Morgan fingerprint density at radius 2 is 1.78 bits per heavy atom. The van der Waals surface area contributed by atoms with Crippen LogP contribution in [0.1, 0.15) is 61.4 Å². The van der Waals surface area contributed by atoms with Gasteiger partial charge in [-0.2, -0.15) is 0 Å². The summed E-state index contributed by atoms with van der Waals surface area (Å²) < 4.78 is 45.7. The topological polar surface area (TPSA) is 112 Å². The smallest absolute Gasteiger partial charge is 0.337 e. The van der Waals surface area contributed by atoms with Crippen LogP contribution in [0.2, 0.25) is 0 Å². The van der Waals surface area contributed by atoms with Crippen molar-refractivity contribution in [2.75, 3.05) is 13.6 Å². The van der Waals surface area contributed by atoms with Crippen molar-refractivity contribution in [1.82, 2.24) is 24.9 Å². The number of carbonyl (C=O) groups excluding carboxylic acids is 2. The number of hydrogen-bond acceptors (Lipinski definition) is 7. The second kappa shape index (κ2) is 11.7. The maximum absolute atomic E-state index is 13.9. The fraction of sp³-hybridized carbons (Fsp3) is 0.242. The number of halogens is 3. The normalized spacial score (nSPS) is 15.3. The number of aromatic amines is 1. The van der Waals surface area contributed by atoms with E-state index >= 15 is 0 Å². The Morgan fingerprint density at radius 3 is 2.52 bits per heavy atom. The minimum absolute atomic E-state index is 0.0437. The van der Waals surface area contributed by atoms with Gasteiger partial charge < -0.3 is 9.80 Å². The van der Waals surface area contributed by atoms with Crippen LogP contribution in [0.25, 0.3) is 21.8 Å². The second-order valence-electron chi connectivity index (χ2n) is 11.4. The van der Waals surface area contributed by atoms with E-state index in [0.29, 0.717) is 62.8 Å². The van der Waals surface area contributed by atoms with E-state index in [1.807, 2.05) is 0 Å². The van der Waals surface area contributed by atoms with Gasteiger partial charge in [0.1, 0.15) is 5.82 Å². The number of nitrogens with one attached hydrogen (secondary N) is 1. The van der Waals surface area contributed by atoms with Gasteiger partial charge in [0.15, 0.2) is 17.5 Å². The number of rotatable bonds is 8. The first kappa shape index (κ1) is 29.7. The summed E-state index contributed by atoms with van der Waals surface area (Å²) in [5.41, 5.74) is 3.81. The van der Waals surface area contributed by atoms with Crippen molar-refractivity contribution in [3.05, 3.63) is 116 Å². The van der Waals surface area contributed by atoms with Gasteiger partial charge in [0.25, 0.3) is 11.8 Å². The molecule has 3 aromatic heterocycles. The van der Waals surface area contributed by atoms with E-state index in [1.54, 1.807) is 36.2 Å². The van der Waals surface area contributed by atoms with E-state index in [1.165, 1.54) is 23.1 Å². The number of aromatic nitrogens is 3. The van der Waals surface area contributed by atoms with E-state index in [2.05, 4.69) is 10.1 Å². The van der Waals surface area contributed by atoms with Gasteiger partial charge in [-0.15, -0.1) is 11.3 Å². The van der Waals surface area contributed by atoms with Gasteiger partial charge in [-0.25, -0.2) is 18.0 Å². The van der Waals surface area contributed by atoms with Gasteiger partial charge in [-0.3, -0.25) is 24.1 Å². The van der Waals surface area contributed by atoms with Crippen LogP contribution < -0.4 is 5.76 Å². The molecule has 1 N–H and O–H groups in total. The fourth-order valence-corrected chi connectivity index (χ4v) is 7.30. The predicted octanol–water partition coefficient (Wildman–Crippen LogP) is 5.92. The zero-order valence-corrected chi connectivity index (χ0v) is 25.3. The number of benzene rings is 2. The number of amides is 2. The Morgan fingerprint density at radius 1 is 1.00 bits per heavy atom. The number of pyridine rings is 1. The van der Waals surface area contributed by atoms with Crippen molar-refractivity contribution in [3.8, 4) is 21.8 Å². The van der Waals surface area contributed by atoms with E-state index in [-0.39, 0.29) is 36.0 Å². The third-order valence-corrected chi connectivity index (χ3v) is 9.49. The molecular formula is C33H26F3N5O4S. The first-order chi connectivity index (χ1) is 22.2. The quantitative estimate of drug-likeness (QED) is 0.224. The first-order valence-corrected chi connectivity index (χ1v) is 15.5. The molecule has 1 fully saturated rings. The molecule has 0 bridgehead atoms. The molecule has 46 heavy (non-hydrogen) atoms. The minimum Gasteiger partial charge on any atom is -0.337 e. The largest absolute Gasteiger partial charge is 0.439 e. The third kappa shape index (κ3) is 5.30. The van der Waals surface area contributed by atoms with Crippen LogP contribution in [0.4, 0.5) is 13.2 Å². The molecule has 0 radical (unpaired) electrons. The molecule has 2 aliphatic heterocycles. The summed E-state index contributed by atoms with van der Waals surface area (Å²) >= 11 is 1.16. The molecule has 0 saturated carbocycles. The minimum atomic E-state index is -0.998. The highest BCUT2D eigenvalue weighted by Gasteiger charge is 2.44. The zero-order valence-electron chi connectivity index (χ0n) is 24.5. The predicted molar refractivity (Wildman–Crippen MR) is 163 cm³/mol. The van der Waals surface area contributed by atoms with Crippen LogP contribution in [-0.2, 0) is 19.4 Å². The Balaban J connectivity index is 1.32. The van der Waals surface area contributed by atoms with Gasteiger partial charge in [0.2, 0.25) is 0 Å². The van der Waals surface area contributed by atoms with Crippen LogP contribution in [0.15, 0.2) is 63.9 Å². The lowest BCUT2D eigenvalue weighted by Gasteiger charge is -2.17. The highest BCUT2D eigenvalue weighted by molar-refractivity contribution is 7.17. The van der Waals surface area contributed by atoms with Crippen molar-refractivity contribution in [3.63, 3.8) is 0 Å². The average Bonchev–Trinajstić information content (AvgIpc) is 3.85. The SMILES string of the molecule is CN(Cc1ccc(F)c(F)c1)C(=O)c1ccc(-c2c3c(nc(CCc4ccc(F)cc4)c2-c2noc(=O)[nH]2)C2CCCN2C3=O)s1. The molecule has 5 heterocycles. The lowest BCUT2D eigenvalue weighted by Crippen LogP contribution is -2.25. The molecule has 2 aromatic carbocycles. The van der Waals surface area contributed by atoms with E-state index < -0.39 is 17.4 Å². The monoisotopic (exact) mass is 645 g/mol. The number of H-pyrrole nitrogens is 1. The summed E-state index contributed by atoms with van der Waals surface area (Å²) in [5.74, 6) is -3.54. The van der Waals surface area contributed by atoms with Crippen LogP contribution in [0.5, 0.6) is 0 Å². The van der Waals surface area contributed by atoms with Crippen molar-refractivity contribution in [2.24, 2.45) is 0 Å². The standard InChI is InChI=1S/C33H26F3N5O4S/c1-40(16-18-6-10-20(35)21(36)15-18)31(42)25-13-12-24(46-25)27-26(30-38-33(44)45-39-30)22(11-7-17-4-8-19(34)9-5-17)37-29-23-3-2-14-41(23)32(43)28(27)29/h4-6,8-10,12-13,15,23H,2-3,7,11,14,16H2,1H3,(H,38,39,44). The van der Waals surface area contributed by atoms with E-state index in [9.17, 15) is 27.6 Å². The van der Waals surface area contributed by atoms with Crippen molar-refractivity contribution in [2.45, 2.75) is 38.3 Å². The molecule has 2 aliphatic rings. The molecule has 1 atom stereocenters. The van der Waals surface area contributed by atoms with E-state index in [4.69, 9.17) is 9.51 Å². The first-order valence-electron chi connectivity index (χ1n) is 14.7. The molecule has 1 saturated heterocycles. The molecule has 9 nitrogen and oxygen atoms in total. The molecule has 234 valence electrons. The van der Waals surface area contributed by atoms with Crippen molar-refractivity contribution >= 4 is 23.2 Å². The molecule has 13 heteroatoms. The summed E-state index contributed by atoms with van der Waals surface area (Å²) in [7, 11) is 1.56. The van der Waals surface area contributed by atoms with Crippen LogP contribution in [-0.4, -0.2) is 50.3 Å². The molecule has 0 spiro atoms. The van der Waals surface area contributed by atoms with E-state index in [0.717, 1.165) is 41.9 Å². The second-order valence-corrected chi connectivity index (χ2v) is 12.5. The number of aryl methyl sites for hydroxylation is 2. The van der Waals surface area contributed by atoms with Crippen LogP contribution >= 0.6 is 11.3 Å². The maximum atomic E-state index is 13.9. The van der Waals surface area contributed by atoms with Crippen molar-refractivity contribution < 1.29 is 27.3 Å². The molecule has 2 amide bonds. The van der Waals surface area contributed by atoms with Gasteiger partial charge in [-0.05, 0) is 73.2 Å². The number of fused-ring (bicyclic) bond motifs is 3. The summed E-state index contributed by atoms with van der Waals surface area (Å²) in [5, 5.41) is 3.97. The Labute approximate surface area is 264 Å². The molecule has 0 aliphatic carbocycles. The highest BCUT2D eigenvalue weighted by Crippen LogP contribution is 2.48. The average molecular weight is 646 g/mol. The fourth-order valence-electron chi connectivity index (χ4n) is 6.24. The third-order valence-electron chi connectivity index (χ3n) is 8.40. The number of hydrogen-bond donors (Lipinski definition) is 1. The van der Waals surface area contributed by atoms with Crippen LogP contribution in [0.3, 0.4) is 0 Å². The highest BCUT2D eigenvalue weighted by atomic mass is 32.1. The number of carbonyl (C=O) groups is 2. The number of thiophene rings is 1. The Bertz CT molecular complexity index is 2050. The van der Waals surface area contributed by atoms with Gasteiger partial charge >= 0.3 is 5.76 Å². The number of nitrogens with zero attached hydrogens (tertiary/aromatic N) is 4. The molecular weight excluding hydrogens is 619 g/mol. The van der Waals surface area contributed by atoms with Crippen molar-refractivity contribution in [1.29, 1.82) is 0 Å². The maximum Gasteiger partial charge on any atom is 0.439 e. The van der Waals surface area contributed by atoms with Crippen LogP contribution in [0, 0.1) is 17.5 Å². The lowest BCUT2D eigenvalue weighted by molar-refractivity contribution is 0.0773. The van der Waals surface area contributed by atoms with Gasteiger partial charge in [-0.1, -0.05) is 23.4 Å². The molecule has 1 unspecified atom stereocenters. The summed E-state index contributed by atoms with van der Waals surface area (Å²) in [4.78, 5) is 51.3. The van der Waals surface area contributed by atoms with Gasteiger partial charge in [0.05, 0.1) is 33.4 Å². The Hall–Kier alpha value is -5.04. The lowest BCUT2D eigenvalue weighted by atomic mass is 9.93. The molecule has 5 aromatic rings.